The fraction of sp³-hybridized carbons (Fsp3) is 0.909. The summed E-state index contributed by atoms with van der Waals surface area (Å²) in [4.78, 5) is 11.5. The molecule has 0 aromatic heterocycles. The number of hydrogen-bond acceptors (Lipinski definition) is 1. The van der Waals surface area contributed by atoms with Gasteiger partial charge in [-0.3, -0.25) is 4.79 Å². The smallest absolute Gasteiger partial charge is 0.449 e. The fourth-order valence-corrected chi connectivity index (χ4v) is 2.09. The molecule has 1 aliphatic carbocycles. The molecule has 0 heterocycles. The number of rotatable bonds is 5. The summed E-state index contributed by atoms with van der Waals surface area (Å²) >= 11 is 0. The number of halogens is 3. The van der Waals surface area contributed by atoms with Gasteiger partial charge in [0.25, 0.3) is 0 Å². The van der Waals surface area contributed by atoms with Crippen LogP contribution in [-0.2, 0) is 4.79 Å². The predicted octanol–water partition coefficient (Wildman–Crippen LogP) is 3.45. The van der Waals surface area contributed by atoms with E-state index in [1.54, 1.807) is 0 Å². The van der Waals surface area contributed by atoms with Crippen molar-refractivity contribution in [2.45, 2.75) is 63.7 Å². The van der Waals surface area contributed by atoms with Crippen molar-refractivity contribution in [3.05, 3.63) is 0 Å². The number of carbonyl (C=O) groups excluding carboxylic acids is 1. The third-order valence-corrected chi connectivity index (χ3v) is 3.44. The van der Waals surface area contributed by atoms with Crippen LogP contribution in [0.4, 0.5) is 12.9 Å². The zero-order chi connectivity index (χ0) is 12.9. The summed E-state index contributed by atoms with van der Waals surface area (Å²) in [6.45, 7) is -3.66. The van der Waals surface area contributed by atoms with Gasteiger partial charge in [-0.25, -0.2) is 0 Å². The van der Waals surface area contributed by atoms with Gasteiger partial charge in [0.2, 0.25) is 5.91 Å². The van der Waals surface area contributed by atoms with Crippen molar-refractivity contribution < 1.29 is 17.7 Å². The van der Waals surface area contributed by atoms with Crippen LogP contribution in [0.25, 0.3) is 0 Å². The van der Waals surface area contributed by atoms with Crippen LogP contribution in [0.5, 0.6) is 0 Å². The molecular weight excluding hydrogens is 230 g/mol. The van der Waals surface area contributed by atoms with Crippen molar-refractivity contribution in [1.82, 2.24) is 5.32 Å². The maximum atomic E-state index is 12.3. The van der Waals surface area contributed by atoms with Crippen molar-refractivity contribution in [3.63, 3.8) is 0 Å². The summed E-state index contributed by atoms with van der Waals surface area (Å²) < 4.78 is 36.9. The van der Waals surface area contributed by atoms with Crippen molar-refractivity contribution in [2.75, 3.05) is 0 Å². The van der Waals surface area contributed by atoms with E-state index in [0.29, 0.717) is 0 Å². The Morgan fingerprint density at radius 3 is 2.41 bits per heavy atom. The molecule has 6 heteroatoms. The number of amides is 1. The Hall–Kier alpha value is -0.675. The van der Waals surface area contributed by atoms with Crippen LogP contribution in [0.2, 0.25) is 5.82 Å². The van der Waals surface area contributed by atoms with Crippen molar-refractivity contribution in [2.24, 2.45) is 0 Å². The lowest BCUT2D eigenvalue weighted by Gasteiger charge is -2.25. The average Bonchev–Trinajstić information content (AvgIpc) is 2.26. The second-order valence-electron chi connectivity index (χ2n) is 5.04. The Morgan fingerprint density at radius 1 is 1.29 bits per heavy atom. The number of nitrogens with one attached hydrogen (secondary N) is 1. The summed E-state index contributed by atoms with van der Waals surface area (Å²) in [5.74, 6) is -1.57. The molecule has 0 aromatic carbocycles. The Kier molecular flexibility index (Phi) is 5.34. The van der Waals surface area contributed by atoms with Gasteiger partial charge in [0, 0.05) is 12.5 Å². The monoisotopic (exact) mass is 250 g/mol. The number of carbonyl (C=O) groups is 1. The van der Waals surface area contributed by atoms with Gasteiger partial charge >= 0.3 is 6.98 Å². The van der Waals surface area contributed by atoms with Crippen LogP contribution < -0.4 is 5.32 Å². The minimum absolute atomic E-state index is 0.0150. The highest BCUT2D eigenvalue weighted by Gasteiger charge is 2.31. The molecule has 0 aromatic rings. The molecule has 100 valence electrons. The van der Waals surface area contributed by atoms with Gasteiger partial charge in [-0.2, -0.15) is 0 Å². The van der Waals surface area contributed by atoms with E-state index >= 15 is 0 Å². The summed E-state index contributed by atoms with van der Waals surface area (Å²) in [5, 5.41) is 2.83. The minimum atomic E-state index is -4.81. The van der Waals surface area contributed by atoms with Crippen LogP contribution in [0.1, 0.15) is 51.9 Å². The first-order valence-electron chi connectivity index (χ1n) is 6.39. The SMILES string of the molecule is C[C@@H](CCC(=O)NC1CCCCC1)[B-](F)(F)F. The molecule has 1 N–H and O–H groups in total. The quantitative estimate of drug-likeness (QED) is 0.744. The molecule has 1 rings (SSSR count). The van der Waals surface area contributed by atoms with Crippen molar-refractivity contribution >= 4 is 12.9 Å². The van der Waals surface area contributed by atoms with Crippen LogP contribution in [-0.4, -0.2) is 18.9 Å². The maximum absolute atomic E-state index is 12.3. The van der Waals surface area contributed by atoms with E-state index in [4.69, 9.17) is 0 Å². The zero-order valence-corrected chi connectivity index (χ0v) is 10.2. The van der Waals surface area contributed by atoms with E-state index in [2.05, 4.69) is 5.32 Å². The van der Waals surface area contributed by atoms with Gasteiger partial charge in [0.15, 0.2) is 0 Å². The lowest BCUT2D eigenvalue weighted by Crippen LogP contribution is -2.36. The molecule has 1 saturated carbocycles. The van der Waals surface area contributed by atoms with Crippen LogP contribution in [0, 0.1) is 0 Å². The normalized spacial score (nSPS) is 20.0. The topological polar surface area (TPSA) is 29.1 Å². The van der Waals surface area contributed by atoms with Gasteiger partial charge in [0.1, 0.15) is 0 Å². The Bertz CT molecular complexity index is 252. The van der Waals surface area contributed by atoms with Gasteiger partial charge in [-0.05, 0) is 12.8 Å². The lowest BCUT2D eigenvalue weighted by atomic mass is 9.71. The van der Waals surface area contributed by atoms with E-state index in [9.17, 15) is 17.7 Å². The Balaban J connectivity index is 2.20. The highest BCUT2D eigenvalue weighted by atomic mass is 19.4. The molecule has 1 amide bonds. The average molecular weight is 250 g/mol. The van der Waals surface area contributed by atoms with Gasteiger partial charge in [0.05, 0.1) is 0 Å². The molecule has 1 atom stereocenters. The van der Waals surface area contributed by atoms with E-state index in [1.807, 2.05) is 0 Å². The van der Waals surface area contributed by atoms with Crippen molar-refractivity contribution in [3.8, 4) is 0 Å². The van der Waals surface area contributed by atoms with Gasteiger partial charge < -0.3 is 18.3 Å². The molecule has 17 heavy (non-hydrogen) atoms. The van der Waals surface area contributed by atoms with E-state index in [1.165, 1.54) is 6.42 Å². The Labute approximate surface area is 100 Å². The van der Waals surface area contributed by atoms with Crippen LogP contribution in [0.15, 0.2) is 0 Å². The van der Waals surface area contributed by atoms with E-state index < -0.39 is 12.8 Å². The van der Waals surface area contributed by atoms with Gasteiger partial charge in [-0.1, -0.05) is 38.4 Å². The minimum Gasteiger partial charge on any atom is -0.449 e. The first-order valence-corrected chi connectivity index (χ1v) is 6.39. The van der Waals surface area contributed by atoms with Crippen molar-refractivity contribution in [1.29, 1.82) is 0 Å². The summed E-state index contributed by atoms with van der Waals surface area (Å²) in [6, 6.07) is 0.183. The summed E-state index contributed by atoms with van der Waals surface area (Å²) in [7, 11) is 0. The molecule has 0 unspecified atom stereocenters. The van der Waals surface area contributed by atoms with Gasteiger partial charge in [-0.15, -0.1) is 0 Å². The largest absolute Gasteiger partial charge is 0.481 e. The molecule has 1 fully saturated rings. The molecule has 0 aliphatic heterocycles. The molecule has 0 radical (unpaired) electrons. The third kappa shape index (κ3) is 5.46. The molecule has 0 saturated heterocycles. The number of hydrogen-bond donors (Lipinski definition) is 1. The maximum Gasteiger partial charge on any atom is 0.481 e. The summed E-state index contributed by atoms with van der Waals surface area (Å²) in [6.07, 6.45) is 5.22. The standard InChI is InChI=1S/C11H20BF3NO/c1-9(12(13,14)15)7-8-11(17)16-10-5-3-2-4-6-10/h9-10H,2-8H2,1H3,(H,16,17)/q-1/t9-/m0/s1. The van der Waals surface area contributed by atoms with Crippen LogP contribution >= 0.6 is 0 Å². The fourth-order valence-electron chi connectivity index (χ4n) is 2.09. The first-order chi connectivity index (χ1) is 7.89. The highest BCUT2D eigenvalue weighted by molar-refractivity contribution is 6.60. The lowest BCUT2D eigenvalue weighted by molar-refractivity contribution is -0.122. The molecule has 0 spiro atoms. The Morgan fingerprint density at radius 2 is 1.88 bits per heavy atom. The predicted molar refractivity (Wildman–Crippen MR) is 62.8 cm³/mol. The second-order valence-corrected chi connectivity index (χ2v) is 5.04. The summed E-state index contributed by atoms with van der Waals surface area (Å²) in [5.41, 5.74) is 0. The molecular formula is C11H20BF3NO-. The van der Waals surface area contributed by atoms with Crippen LogP contribution in [0.3, 0.4) is 0 Å². The van der Waals surface area contributed by atoms with E-state index in [0.717, 1.165) is 32.6 Å². The second kappa shape index (κ2) is 6.31. The molecule has 2 nitrogen and oxygen atoms in total. The zero-order valence-electron chi connectivity index (χ0n) is 10.2. The molecule has 1 aliphatic rings. The molecule has 0 bridgehead atoms. The van der Waals surface area contributed by atoms with E-state index in [-0.39, 0.29) is 24.8 Å². The highest BCUT2D eigenvalue weighted by Crippen LogP contribution is 2.29. The third-order valence-electron chi connectivity index (χ3n) is 3.44. The first kappa shape index (κ1) is 14.4.